The number of phenols is 1. The van der Waals surface area contributed by atoms with Crippen LogP contribution in [-0.4, -0.2) is 71.7 Å². The second-order valence-corrected chi connectivity index (χ2v) is 10.2. The van der Waals surface area contributed by atoms with E-state index in [9.17, 15) is 19.5 Å². The number of carbonyl (C=O) groups excluding carboxylic acids is 3. The molecular formula is C30H33N3O6. The van der Waals surface area contributed by atoms with E-state index in [1.54, 1.807) is 63.1 Å². The normalized spacial score (nSPS) is 13.5. The van der Waals surface area contributed by atoms with Gasteiger partial charge in [0.15, 0.2) is 0 Å². The number of piperazine rings is 1. The molecule has 0 saturated carbocycles. The van der Waals surface area contributed by atoms with Gasteiger partial charge >= 0.3 is 6.09 Å². The number of nitrogens with zero attached hydrogens (tertiary/aromatic N) is 2. The molecule has 9 heteroatoms. The molecule has 1 heterocycles. The van der Waals surface area contributed by atoms with Crippen molar-refractivity contribution in [2.75, 3.05) is 38.6 Å². The number of amides is 3. The summed E-state index contributed by atoms with van der Waals surface area (Å²) in [6.45, 7) is 6.41. The summed E-state index contributed by atoms with van der Waals surface area (Å²) in [6.07, 6.45) is -0.441. The van der Waals surface area contributed by atoms with Crippen LogP contribution in [0.5, 0.6) is 11.5 Å². The van der Waals surface area contributed by atoms with Crippen LogP contribution in [0, 0.1) is 0 Å². The summed E-state index contributed by atoms with van der Waals surface area (Å²) >= 11 is 0. The Balaban J connectivity index is 1.62. The topological polar surface area (TPSA) is 108 Å². The Morgan fingerprint density at radius 1 is 0.846 bits per heavy atom. The Kier molecular flexibility index (Phi) is 8.09. The van der Waals surface area contributed by atoms with Crippen LogP contribution in [0.15, 0.2) is 66.7 Å². The lowest BCUT2D eigenvalue weighted by molar-refractivity contribution is 0.0140. The van der Waals surface area contributed by atoms with Crippen LogP contribution in [0.25, 0.3) is 11.1 Å². The van der Waals surface area contributed by atoms with E-state index in [1.165, 1.54) is 11.0 Å². The fraction of sp³-hybridized carbons (Fsp3) is 0.300. The minimum Gasteiger partial charge on any atom is -0.507 e. The Morgan fingerprint density at radius 3 is 2.05 bits per heavy atom. The summed E-state index contributed by atoms with van der Waals surface area (Å²) < 4.78 is 10.6. The molecule has 1 fully saturated rings. The Hall–Kier alpha value is -4.53. The molecule has 2 N–H and O–H groups in total. The minimum atomic E-state index is -0.623. The van der Waals surface area contributed by atoms with Gasteiger partial charge < -0.3 is 29.7 Å². The standard InChI is InChI=1S/C30H33N3O6/c1-30(2,3)39-29(37)33-16-14-32(15-17-33)28(36)26-24(27(35)31-22-10-12-23(38-4)13-11-22)18-21(19-25(26)34)20-8-6-5-7-9-20/h5-13,18-19,34H,14-17H2,1-4H3,(H,31,35). The number of hydrogen-bond donors (Lipinski definition) is 2. The molecule has 0 radical (unpaired) electrons. The van der Waals surface area contributed by atoms with Gasteiger partial charge in [-0.1, -0.05) is 30.3 Å². The average Bonchev–Trinajstić information content (AvgIpc) is 2.92. The maximum atomic E-state index is 13.7. The number of methoxy groups -OCH3 is 1. The van der Waals surface area contributed by atoms with Gasteiger partial charge in [-0.25, -0.2) is 4.79 Å². The molecule has 3 aromatic carbocycles. The van der Waals surface area contributed by atoms with Gasteiger partial charge in [0.25, 0.3) is 11.8 Å². The Bertz CT molecular complexity index is 1340. The average molecular weight is 532 g/mol. The van der Waals surface area contributed by atoms with Gasteiger partial charge in [0.05, 0.1) is 18.2 Å². The van der Waals surface area contributed by atoms with Crippen LogP contribution in [0.1, 0.15) is 41.5 Å². The quantitative estimate of drug-likeness (QED) is 0.479. The molecule has 39 heavy (non-hydrogen) atoms. The third-order valence-electron chi connectivity index (χ3n) is 6.25. The molecule has 0 aromatic heterocycles. The van der Waals surface area contributed by atoms with E-state index >= 15 is 0 Å². The van der Waals surface area contributed by atoms with E-state index < -0.39 is 23.5 Å². The molecule has 1 aliphatic heterocycles. The molecule has 3 aromatic rings. The van der Waals surface area contributed by atoms with Crippen LogP contribution >= 0.6 is 0 Å². The van der Waals surface area contributed by atoms with Crippen molar-refractivity contribution >= 4 is 23.6 Å². The first-order chi connectivity index (χ1) is 18.6. The van der Waals surface area contributed by atoms with E-state index in [4.69, 9.17) is 9.47 Å². The van der Waals surface area contributed by atoms with E-state index in [0.29, 0.717) is 17.0 Å². The third-order valence-corrected chi connectivity index (χ3v) is 6.25. The van der Waals surface area contributed by atoms with Crippen LogP contribution in [0.4, 0.5) is 10.5 Å². The Morgan fingerprint density at radius 2 is 1.46 bits per heavy atom. The van der Waals surface area contributed by atoms with Gasteiger partial charge in [0.1, 0.15) is 17.1 Å². The summed E-state index contributed by atoms with van der Waals surface area (Å²) in [7, 11) is 1.55. The summed E-state index contributed by atoms with van der Waals surface area (Å²) in [5.41, 5.74) is 1.23. The van der Waals surface area contributed by atoms with Crippen molar-refractivity contribution in [2.45, 2.75) is 26.4 Å². The summed E-state index contributed by atoms with van der Waals surface area (Å²) in [6, 6.07) is 19.2. The van der Waals surface area contributed by atoms with E-state index in [-0.39, 0.29) is 43.1 Å². The van der Waals surface area contributed by atoms with Gasteiger partial charge in [0, 0.05) is 31.9 Å². The molecule has 0 aliphatic carbocycles. The predicted octanol–water partition coefficient (Wildman–Crippen LogP) is 5.01. The zero-order chi connectivity index (χ0) is 28.2. The molecule has 0 spiro atoms. The van der Waals surface area contributed by atoms with Gasteiger partial charge in [0.2, 0.25) is 0 Å². The van der Waals surface area contributed by atoms with Gasteiger partial charge in [-0.05, 0) is 68.3 Å². The number of ether oxygens (including phenoxy) is 2. The molecule has 4 rings (SSSR count). The van der Waals surface area contributed by atoms with Crippen molar-refractivity contribution in [3.05, 3.63) is 77.9 Å². The monoisotopic (exact) mass is 531 g/mol. The summed E-state index contributed by atoms with van der Waals surface area (Å²) in [5.74, 6) is -0.686. The number of anilines is 1. The second kappa shape index (κ2) is 11.5. The highest BCUT2D eigenvalue weighted by Gasteiger charge is 2.31. The van der Waals surface area contributed by atoms with Crippen molar-refractivity contribution in [1.82, 2.24) is 9.80 Å². The molecule has 9 nitrogen and oxygen atoms in total. The largest absolute Gasteiger partial charge is 0.507 e. The van der Waals surface area contributed by atoms with Crippen LogP contribution in [0.2, 0.25) is 0 Å². The maximum absolute atomic E-state index is 13.7. The van der Waals surface area contributed by atoms with Crippen molar-refractivity contribution in [2.24, 2.45) is 0 Å². The molecule has 0 bridgehead atoms. The van der Waals surface area contributed by atoms with Gasteiger partial charge in [-0.3, -0.25) is 9.59 Å². The predicted molar refractivity (Wildman–Crippen MR) is 148 cm³/mol. The van der Waals surface area contributed by atoms with Crippen LogP contribution in [-0.2, 0) is 4.74 Å². The summed E-state index contributed by atoms with van der Waals surface area (Å²) in [4.78, 5) is 42.7. The SMILES string of the molecule is COc1ccc(NC(=O)c2cc(-c3ccccc3)cc(O)c2C(=O)N2CCN(C(=O)OC(C)(C)C)CC2)cc1. The number of phenolic OH excluding ortho intramolecular Hbond substituents is 1. The number of benzene rings is 3. The molecule has 0 unspecified atom stereocenters. The zero-order valence-corrected chi connectivity index (χ0v) is 22.6. The smallest absolute Gasteiger partial charge is 0.410 e. The molecular weight excluding hydrogens is 498 g/mol. The van der Waals surface area contributed by atoms with Crippen molar-refractivity contribution < 1.29 is 29.0 Å². The van der Waals surface area contributed by atoms with Crippen LogP contribution < -0.4 is 10.1 Å². The number of carbonyl (C=O) groups is 3. The van der Waals surface area contributed by atoms with E-state index in [0.717, 1.165) is 5.56 Å². The number of rotatable bonds is 5. The van der Waals surface area contributed by atoms with Crippen LogP contribution in [0.3, 0.4) is 0 Å². The van der Waals surface area contributed by atoms with Crippen molar-refractivity contribution in [3.63, 3.8) is 0 Å². The number of aromatic hydroxyl groups is 1. The van der Waals surface area contributed by atoms with E-state index in [1.807, 2.05) is 30.3 Å². The highest BCUT2D eigenvalue weighted by atomic mass is 16.6. The molecule has 0 atom stereocenters. The Labute approximate surface area is 227 Å². The number of hydrogen-bond acceptors (Lipinski definition) is 6. The fourth-order valence-electron chi connectivity index (χ4n) is 4.28. The first-order valence-corrected chi connectivity index (χ1v) is 12.7. The molecule has 1 saturated heterocycles. The first-order valence-electron chi connectivity index (χ1n) is 12.7. The second-order valence-electron chi connectivity index (χ2n) is 10.2. The van der Waals surface area contributed by atoms with Gasteiger partial charge in [-0.15, -0.1) is 0 Å². The third kappa shape index (κ3) is 6.67. The molecule has 204 valence electrons. The first kappa shape index (κ1) is 27.5. The lowest BCUT2D eigenvalue weighted by Crippen LogP contribution is -2.51. The van der Waals surface area contributed by atoms with Gasteiger partial charge in [-0.2, -0.15) is 0 Å². The van der Waals surface area contributed by atoms with E-state index in [2.05, 4.69) is 5.32 Å². The molecule has 3 amide bonds. The fourth-order valence-corrected chi connectivity index (χ4v) is 4.28. The lowest BCUT2D eigenvalue weighted by Gasteiger charge is -2.36. The molecule has 1 aliphatic rings. The maximum Gasteiger partial charge on any atom is 0.410 e. The minimum absolute atomic E-state index is 0.0456. The van der Waals surface area contributed by atoms with Crippen molar-refractivity contribution in [1.29, 1.82) is 0 Å². The number of nitrogens with one attached hydrogen (secondary N) is 1. The zero-order valence-electron chi connectivity index (χ0n) is 22.6. The lowest BCUT2D eigenvalue weighted by atomic mass is 9.96. The highest BCUT2D eigenvalue weighted by Crippen LogP contribution is 2.32. The van der Waals surface area contributed by atoms with Crippen molar-refractivity contribution in [3.8, 4) is 22.6 Å². The summed E-state index contributed by atoms with van der Waals surface area (Å²) in [5, 5.41) is 13.9. The highest BCUT2D eigenvalue weighted by molar-refractivity contribution is 6.14.